The molecule has 148 valence electrons. The van der Waals surface area contributed by atoms with Gasteiger partial charge in [-0.25, -0.2) is 4.39 Å². The summed E-state index contributed by atoms with van der Waals surface area (Å²) in [5, 5.41) is 2.89. The van der Waals surface area contributed by atoms with E-state index in [1.807, 2.05) is 18.2 Å². The fourth-order valence-corrected chi connectivity index (χ4v) is 3.94. The molecule has 0 bridgehead atoms. The topological polar surface area (TPSA) is 62.6 Å². The molecule has 1 aliphatic rings. The molecule has 0 unspecified atom stereocenters. The lowest BCUT2D eigenvalue weighted by Gasteiger charge is -2.28. The van der Waals surface area contributed by atoms with Crippen molar-refractivity contribution in [3.05, 3.63) is 83.6 Å². The van der Waals surface area contributed by atoms with Crippen LogP contribution in [0.5, 0.6) is 0 Å². The molecule has 4 rings (SSSR count). The summed E-state index contributed by atoms with van der Waals surface area (Å²) in [6.45, 7) is 1.11. The first-order chi connectivity index (χ1) is 14.1. The van der Waals surface area contributed by atoms with E-state index in [4.69, 9.17) is 4.42 Å². The molecule has 29 heavy (non-hydrogen) atoms. The molecule has 1 aromatic heterocycles. The Morgan fingerprint density at radius 1 is 1.10 bits per heavy atom. The molecule has 3 aromatic rings. The van der Waals surface area contributed by atoms with Crippen LogP contribution in [0.2, 0.25) is 0 Å². The SMILES string of the molecule is O=C(CSc1ccc(F)cc1)Nc1ccc2c(c1)CN(C(=O)c1ccco1)CC2. The predicted octanol–water partition coefficient (Wildman–Crippen LogP) is 4.35. The first kappa shape index (κ1) is 19.3. The van der Waals surface area contributed by atoms with Crippen LogP contribution in [0.25, 0.3) is 0 Å². The van der Waals surface area contributed by atoms with E-state index in [9.17, 15) is 14.0 Å². The third-order valence-electron chi connectivity index (χ3n) is 4.71. The Labute approximate surface area is 171 Å². The van der Waals surface area contributed by atoms with Crippen molar-refractivity contribution in [3.8, 4) is 0 Å². The molecule has 0 saturated heterocycles. The van der Waals surface area contributed by atoms with Gasteiger partial charge in [0.25, 0.3) is 5.91 Å². The summed E-state index contributed by atoms with van der Waals surface area (Å²) in [6, 6.07) is 15.2. The highest BCUT2D eigenvalue weighted by Crippen LogP contribution is 2.25. The van der Waals surface area contributed by atoms with Crippen LogP contribution in [0.3, 0.4) is 0 Å². The Morgan fingerprint density at radius 2 is 1.93 bits per heavy atom. The zero-order valence-electron chi connectivity index (χ0n) is 15.6. The number of amides is 2. The Kier molecular flexibility index (Phi) is 5.67. The van der Waals surface area contributed by atoms with Crippen LogP contribution in [0, 0.1) is 5.82 Å². The lowest BCUT2D eigenvalue weighted by atomic mass is 9.99. The molecule has 0 saturated carbocycles. The average molecular weight is 410 g/mol. The van der Waals surface area contributed by atoms with Gasteiger partial charge in [0, 0.05) is 23.7 Å². The lowest BCUT2D eigenvalue weighted by molar-refractivity contribution is -0.113. The van der Waals surface area contributed by atoms with Crippen LogP contribution >= 0.6 is 11.8 Å². The van der Waals surface area contributed by atoms with Crippen molar-refractivity contribution in [2.24, 2.45) is 0 Å². The van der Waals surface area contributed by atoms with Crippen molar-refractivity contribution in [1.82, 2.24) is 4.90 Å². The molecule has 0 spiro atoms. The minimum absolute atomic E-state index is 0.134. The zero-order valence-corrected chi connectivity index (χ0v) is 16.4. The summed E-state index contributed by atoms with van der Waals surface area (Å²) in [4.78, 5) is 27.4. The number of furan rings is 1. The van der Waals surface area contributed by atoms with E-state index in [0.717, 1.165) is 16.9 Å². The van der Waals surface area contributed by atoms with Crippen LogP contribution in [0.15, 0.2) is 70.2 Å². The normalized spacial score (nSPS) is 13.1. The molecular formula is C22H19FN2O3S. The Balaban J connectivity index is 1.37. The van der Waals surface area contributed by atoms with Gasteiger partial charge in [-0.15, -0.1) is 11.8 Å². The maximum Gasteiger partial charge on any atom is 0.289 e. The van der Waals surface area contributed by atoms with Gasteiger partial charge in [-0.05, 0) is 66.1 Å². The monoisotopic (exact) mass is 410 g/mol. The molecule has 0 radical (unpaired) electrons. The fraction of sp³-hybridized carbons (Fsp3) is 0.182. The number of hydrogen-bond acceptors (Lipinski definition) is 4. The third kappa shape index (κ3) is 4.68. The summed E-state index contributed by atoms with van der Waals surface area (Å²) in [7, 11) is 0. The first-order valence-electron chi connectivity index (χ1n) is 9.21. The molecule has 2 amide bonds. The molecule has 1 aliphatic heterocycles. The summed E-state index contributed by atoms with van der Waals surface area (Å²) in [5.41, 5.74) is 2.88. The maximum atomic E-state index is 13.0. The highest BCUT2D eigenvalue weighted by atomic mass is 32.2. The Morgan fingerprint density at radius 3 is 2.69 bits per heavy atom. The van der Waals surface area contributed by atoms with E-state index in [1.165, 1.54) is 35.7 Å². The summed E-state index contributed by atoms with van der Waals surface area (Å²) >= 11 is 1.35. The van der Waals surface area contributed by atoms with Crippen LogP contribution in [-0.2, 0) is 17.8 Å². The van der Waals surface area contributed by atoms with Crippen LogP contribution in [-0.4, -0.2) is 29.0 Å². The van der Waals surface area contributed by atoms with Gasteiger partial charge in [0.15, 0.2) is 5.76 Å². The molecule has 0 aliphatic carbocycles. The molecular weight excluding hydrogens is 391 g/mol. The number of benzene rings is 2. The number of nitrogens with one attached hydrogen (secondary N) is 1. The predicted molar refractivity (Wildman–Crippen MR) is 109 cm³/mol. The van der Waals surface area contributed by atoms with Gasteiger partial charge in [-0.3, -0.25) is 9.59 Å². The van der Waals surface area contributed by atoms with Gasteiger partial charge in [0.1, 0.15) is 5.82 Å². The quantitative estimate of drug-likeness (QED) is 0.636. The smallest absolute Gasteiger partial charge is 0.289 e. The second kappa shape index (κ2) is 8.53. The van der Waals surface area contributed by atoms with E-state index in [0.29, 0.717) is 24.5 Å². The third-order valence-corrected chi connectivity index (χ3v) is 5.72. The molecule has 5 nitrogen and oxygen atoms in total. The molecule has 2 heterocycles. The summed E-state index contributed by atoms with van der Waals surface area (Å²) < 4.78 is 18.2. The van der Waals surface area contributed by atoms with Crippen molar-refractivity contribution in [2.45, 2.75) is 17.9 Å². The largest absolute Gasteiger partial charge is 0.459 e. The number of thioether (sulfide) groups is 1. The second-order valence-electron chi connectivity index (χ2n) is 6.73. The average Bonchev–Trinajstić information content (AvgIpc) is 3.27. The van der Waals surface area contributed by atoms with Crippen LogP contribution in [0.1, 0.15) is 21.7 Å². The van der Waals surface area contributed by atoms with E-state index >= 15 is 0 Å². The fourth-order valence-electron chi connectivity index (χ4n) is 3.24. The van der Waals surface area contributed by atoms with E-state index < -0.39 is 0 Å². The molecule has 2 aromatic carbocycles. The summed E-state index contributed by atoms with van der Waals surface area (Å²) in [5.74, 6) is -0.0150. The second-order valence-corrected chi connectivity index (χ2v) is 7.78. The number of halogens is 1. The van der Waals surface area contributed by atoms with E-state index in [2.05, 4.69) is 5.32 Å². The molecule has 7 heteroatoms. The first-order valence-corrected chi connectivity index (χ1v) is 10.2. The minimum atomic E-state index is -0.299. The summed E-state index contributed by atoms with van der Waals surface area (Å²) in [6.07, 6.45) is 2.25. The van der Waals surface area contributed by atoms with Gasteiger partial charge in [0.05, 0.1) is 12.0 Å². The van der Waals surface area contributed by atoms with Gasteiger partial charge >= 0.3 is 0 Å². The number of nitrogens with zero attached hydrogens (tertiary/aromatic N) is 1. The van der Waals surface area contributed by atoms with Crippen LogP contribution in [0.4, 0.5) is 10.1 Å². The van der Waals surface area contributed by atoms with Gasteiger partial charge in [-0.1, -0.05) is 6.07 Å². The Bertz CT molecular complexity index is 1020. The number of anilines is 1. The van der Waals surface area contributed by atoms with Crippen molar-refractivity contribution >= 4 is 29.3 Å². The number of hydrogen-bond donors (Lipinski definition) is 1. The lowest BCUT2D eigenvalue weighted by Crippen LogP contribution is -2.35. The Hall–Kier alpha value is -3.06. The molecule has 0 atom stereocenters. The maximum absolute atomic E-state index is 13.0. The number of fused-ring (bicyclic) bond motifs is 1. The standard InChI is InChI=1S/C22H19FN2O3S/c23-17-4-7-19(8-5-17)29-14-21(26)24-18-6-3-15-9-10-25(13-16(15)12-18)22(27)20-2-1-11-28-20/h1-8,11-12H,9-10,13-14H2,(H,24,26). The van der Waals surface area contributed by atoms with Gasteiger partial charge < -0.3 is 14.6 Å². The minimum Gasteiger partial charge on any atom is -0.459 e. The number of rotatable bonds is 5. The molecule has 1 N–H and O–H groups in total. The van der Waals surface area contributed by atoms with Crippen molar-refractivity contribution in [1.29, 1.82) is 0 Å². The van der Waals surface area contributed by atoms with Gasteiger partial charge in [-0.2, -0.15) is 0 Å². The van der Waals surface area contributed by atoms with E-state index in [1.54, 1.807) is 29.2 Å². The number of carbonyl (C=O) groups is 2. The van der Waals surface area contributed by atoms with Crippen molar-refractivity contribution in [2.75, 3.05) is 17.6 Å². The molecule has 0 fully saturated rings. The highest BCUT2D eigenvalue weighted by Gasteiger charge is 2.23. The zero-order chi connectivity index (χ0) is 20.2. The van der Waals surface area contributed by atoms with E-state index in [-0.39, 0.29) is 23.4 Å². The van der Waals surface area contributed by atoms with Crippen LogP contribution < -0.4 is 5.32 Å². The number of carbonyl (C=O) groups excluding carboxylic acids is 2. The van der Waals surface area contributed by atoms with Crippen molar-refractivity contribution < 1.29 is 18.4 Å². The highest BCUT2D eigenvalue weighted by molar-refractivity contribution is 8.00. The van der Waals surface area contributed by atoms with Gasteiger partial charge in [0.2, 0.25) is 5.91 Å². The van der Waals surface area contributed by atoms with Crippen molar-refractivity contribution in [3.63, 3.8) is 0 Å².